The molecule has 3 rings (SSSR count). The van der Waals surface area contributed by atoms with Crippen LogP contribution in [-0.4, -0.2) is 29.2 Å². The van der Waals surface area contributed by atoms with Crippen LogP contribution in [0.5, 0.6) is 0 Å². The van der Waals surface area contributed by atoms with E-state index >= 15 is 0 Å². The van der Waals surface area contributed by atoms with Gasteiger partial charge in [-0.15, -0.1) is 0 Å². The smallest absolute Gasteiger partial charge is 0.123 e. The summed E-state index contributed by atoms with van der Waals surface area (Å²) in [4.78, 5) is 2.26. The van der Waals surface area contributed by atoms with Gasteiger partial charge >= 0.3 is 0 Å². The average molecular weight is 285 g/mol. The van der Waals surface area contributed by atoms with E-state index in [4.69, 9.17) is 0 Å². The Balaban J connectivity index is 1.64. The van der Waals surface area contributed by atoms with Gasteiger partial charge in [-0.3, -0.25) is 4.90 Å². The minimum atomic E-state index is -0.440. The maximum absolute atomic E-state index is 13.3. The van der Waals surface area contributed by atoms with Crippen molar-refractivity contribution in [1.29, 1.82) is 0 Å². The molecule has 0 saturated carbocycles. The van der Waals surface area contributed by atoms with Crippen LogP contribution in [0.1, 0.15) is 23.5 Å². The van der Waals surface area contributed by atoms with Gasteiger partial charge in [0.1, 0.15) is 5.82 Å². The maximum Gasteiger partial charge on any atom is 0.123 e. The highest BCUT2D eigenvalue weighted by Crippen LogP contribution is 2.29. The fourth-order valence-corrected chi connectivity index (χ4v) is 3.11. The van der Waals surface area contributed by atoms with Gasteiger partial charge in [0.15, 0.2) is 0 Å². The van der Waals surface area contributed by atoms with Crippen LogP contribution in [0.25, 0.3) is 0 Å². The number of β-amino-alcohol motifs (C(OH)–C–C–N with tert-alkyl or cyclic N) is 1. The lowest BCUT2D eigenvalue weighted by molar-refractivity contribution is 0.0476. The van der Waals surface area contributed by atoms with Crippen LogP contribution in [0, 0.1) is 5.82 Å². The molecular weight excluding hydrogens is 265 g/mol. The van der Waals surface area contributed by atoms with Crippen LogP contribution in [0.15, 0.2) is 54.6 Å². The van der Waals surface area contributed by atoms with Crippen molar-refractivity contribution in [1.82, 2.24) is 4.90 Å². The molecule has 0 amide bonds. The molecule has 1 saturated heterocycles. The minimum absolute atomic E-state index is 0.0349. The largest absolute Gasteiger partial charge is 0.391 e. The van der Waals surface area contributed by atoms with Crippen molar-refractivity contribution in [3.63, 3.8) is 0 Å². The Bertz CT molecular complexity index is 587. The summed E-state index contributed by atoms with van der Waals surface area (Å²) in [5.41, 5.74) is 2.16. The zero-order valence-corrected chi connectivity index (χ0v) is 12.0. The Hall–Kier alpha value is -1.71. The molecule has 110 valence electrons. The predicted octanol–water partition coefficient (Wildman–Crippen LogP) is 3.18. The number of hydrogen-bond acceptors (Lipinski definition) is 2. The van der Waals surface area contributed by atoms with Crippen LogP contribution in [-0.2, 0) is 6.54 Å². The first-order chi connectivity index (χ1) is 10.2. The third kappa shape index (κ3) is 3.49. The SMILES string of the molecule is OC1CN(Cc2ccccc2)CCC1c1cccc(F)c1. The molecule has 21 heavy (non-hydrogen) atoms. The maximum atomic E-state index is 13.3. The Morgan fingerprint density at radius 1 is 1.10 bits per heavy atom. The number of rotatable bonds is 3. The molecule has 2 unspecified atom stereocenters. The normalized spacial score (nSPS) is 23.1. The number of aliphatic hydroxyl groups excluding tert-OH is 1. The van der Waals surface area contributed by atoms with Crippen molar-refractivity contribution in [3.8, 4) is 0 Å². The van der Waals surface area contributed by atoms with Crippen molar-refractivity contribution in [3.05, 3.63) is 71.5 Å². The number of hydrogen-bond donors (Lipinski definition) is 1. The third-order valence-electron chi connectivity index (χ3n) is 4.19. The number of halogens is 1. The second-order valence-electron chi connectivity index (χ2n) is 5.74. The van der Waals surface area contributed by atoms with Gasteiger partial charge in [0, 0.05) is 19.0 Å². The summed E-state index contributed by atoms with van der Waals surface area (Å²) in [7, 11) is 0. The van der Waals surface area contributed by atoms with Crippen LogP contribution < -0.4 is 0 Å². The van der Waals surface area contributed by atoms with Crippen LogP contribution in [0.2, 0.25) is 0 Å². The van der Waals surface area contributed by atoms with E-state index < -0.39 is 6.10 Å². The lowest BCUT2D eigenvalue weighted by Crippen LogP contribution is -2.42. The molecule has 2 aromatic carbocycles. The van der Waals surface area contributed by atoms with E-state index in [0.717, 1.165) is 25.1 Å². The standard InChI is InChI=1S/C18H20FNO/c19-16-8-4-7-15(11-16)17-9-10-20(13-18(17)21)12-14-5-2-1-3-6-14/h1-8,11,17-18,21H,9-10,12-13H2. The molecule has 1 aliphatic heterocycles. The van der Waals surface area contributed by atoms with Crippen molar-refractivity contribution < 1.29 is 9.50 Å². The fourth-order valence-electron chi connectivity index (χ4n) is 3.11. The Morgan fingerprint density at radius 3 is 2.62 bits per heavy atom. The second-order valence-corrected chi connectivity index (χ2v) is 5.74. The monoisotopic (exact) mass is 285 g/mol. The number of piperidine rings is 1. The molecule has 1 N–H and O–H groups in total. The molecule has 0 aliphatic carbocycles. The zero-order chi connectivity index (χ0) is 14.7. The second kappa shape index (κ2) is 6.37. The van der Waals surface area contributed by atoms with Crippen molar-refractivity contribution >= 4 is 0 Å². The van der Waals surface area contributed by atoms with Crippen molar-refractivity contribution in [2.45, 2.75) is 25.0 Å². The molecule has 2 atom stereocenters. The summed E-state index contributed by atoms with van der Waals surface area (Å²) >= 11 is 0. The number of aliphatic hydroxyl groups is 1. The summed E-state index contributed by atoms with van der Waals surface area (Å²) in [5, 5.41) is 10.4. The fraction of sp³-hybridized carbons (Fsp3) is 0.333. The van der Waals surface area contributed by atoms with Gasteiger partial charge in [-0.05, 0) is 36.2 Å². The van der Waals surface area contributed by atoms with Gasteiger partial charge in [0.25, 0.3) is 0 Å². The summed E-state index contributed by atoms with van der Waals surface area (Å²) in [6, 6.07) is 16.9. The van der Waals surface area contributed by atoms with Crippen LogP contribution >= 0.6 is 0 Å². The highest BCUT2D eigenvalue weighted by Gasteiger charge is 2.28. The van der Waals surface area contributed by atoms with E-state index in [1.165, 1.54) is 11.6 Å². The van der Waals surface area contributed by atoms with Crippen molar-refractivity contribution in [2.24, 2.45) is 0 Å². The van der Waals surface area contributed by atoms with Gasteiger partial charge in [-0.1, -0.05) is 42.5 Å². The molecule has 1 aliphatic rings. The van der Waals surface area contributed by atoms with E-state index in [2.05, 4.69) is 17.0 Å². The Kier molecular flexibility index (Phi) is 4.32. The van der Waals surface area contributed by atoms with Gasteiger partial charge in [0.05, 0.1) is 6.10 Å². The van der Waals surface area contributed by atoms with E-state index in [1.807, 2.05) is 24.3 Å². The first-order valence-corrected chi connectivity index (χ1v) is 7.42. The number of benzene rings is 2. The highest BCUT2D eigenvalue weighted by molar-refractivity contribution is 5.23. The first-order valence-electron chi connectivity index (χ1n) is 7.42. The van der Waals surface area contributed by atoms with E-state index in [-0.39, 0.29) is 11.7 Å². The number of nitrogens with zero attached hydrogens (tertiary/aromatic N) is 1. The minimum Gasteiger partial charge on any atom is -0.391 e. The molecule has 2 nitrogen and oxygen atoms in total. The predicted molar refractivity (Wildman–Crippen MR) is 81.5 cm³/mol. The van der Waals surface area contributed by atoms with Gasteiger partial charge in [-0.2, -0.15) is 0 Å². The molecule has 1 heterocycles. The quantitative estimate of drug-likeness (QED) is 0.936. The molecule has 2 aromatic rings. The van der Waals surface area contributed by atoms with Crippen molar-refractivity contribution in [2.75, 3.05) is 13.1 Å². The van der Waals surface area contributed by atoms with Gasteiger partial charge in [0.2, 0.25) is 0 Å². The van der Waals surface area contributed by atoms with Crippen LogP contribution in [0.4, 0.5) is 4.39 Å². The van der Waals surface area contributed by atoms with E-state index in [0.29, 0.717) is 6.54 Å². The zero-order valence-electron chi connectivity index (χ0n) is 12.0. The average Bonchev–Trinajstić information content (AvgIpc) is 2.48. The molecule has 0 aromatic heterocycles. The van der Waals surface area contributed by atoms with Gasteiger partial charge < -0.3 is 5.11 Å². The molecular formula is C18H20FNO. The van der Waals surface area contributed by atoms with E-state index in [9.17, 15) is 9.50 Å². The first kappa shape index (κ1) is 14.2. The summed E-state index contributed by atoms with van der Waals surface area (Å²) < 4.78 is 13.3. The molecule has 3 heteroatoms. The highest BCUT2D eigenvalue weighted by atomic mass is 19.1. The number of likely N-dealkylation sites (tertiary alicyclic amines) is 1. The molecule has 0 bridgehead atoms. The Morgan fingerprint density at radius 2 is 1.90 bits per heavy atom. The van der Waals surface area contributed by atoms with E-state index in [1.54, 1.807) is 12.1 Å². The molecule has 1 fully saturated rings. The summed E-state index contributed by atoms with van der Waals surface area (Å²) in [6.45, 7) is 2.41. The topological polar surface area (TPSA) is 23.5 Å². The summed E-state index contributed by atoms with van der Waals surface area (Å²) in [6.07, 6.45) is 0.418. The third-order valence-corrected chi connectivity index (χ3v) is 4.19. The lowest BCUT2D eigenvalue weighted by atomic mass is 9.87. The molecule has 0 spiro atoms. The Labute approximate surface area is 124 Å². The van der Waals surface area contributed by atoms with Gasteiger partial charge in [-0.25, -0.2) is 4.39 Å². The lowest BCUT2D eigenvalue weighted by Gasteiger charge is -2.36. The summed E-state index contributed by atoms with van der Waals surface area (Å²) in [5.74, 6) is -0.195. The van der Waals surface area contributed by atoms with Crippen LogP contribution in [0.3, 0.4) is 0 Å². The molecule has 0 radical (unpaired) electrons.